The Morgan fingerprint density at radius 3 is 2.12 bits per heavy atom. The highest BCUT2D eigenvalue weighted by Gasteiger charge is 2.20. The fourth-order valence-electron chi connectivity index (χ4n) is 3.89. The van der Waals surface area contributed by atoms with Crippen LogP contribution in [0.5, 0.6) is 5.75 Å². The number of benzene rings is 3. The molecule has 0 aliphatic rings. The van der Waals surface area contributed by atoms with Gasteiger partial charge in [0.25, 0.3) is 0 Å². The van der Waals surface area contributed by atoms with E-state index in [4.69, 9.17) is 14.2 Å². The summed E-state index contributed by atoms with van der Waals surface area (Å²) in [5, 5.41) is 0. The summed E-state index contributed by atoms with van der Waals surface area (Å²) in [6, 6.07) is 27.2. The molecule has 0 aliphatic carbocycles. The molecule has 0 N–H and O–H groups in total. The Balaban J connectivity index is 1.60. The van der Waals surface area contributed by atoms with Crippen LogP contribution in [-0.4, -0.2) is 31.9 Å². The molecule has 174 valence electrons. The molecule has 0 amide bonds. The van der Waals surface area contributed by atoms with E-state index in [-0.39, 0.29) is 11.9 Å². The van der Waals surface area contributed by atoms with Crippen LogP contribution >= 0.6 is 0 Å². The lowest BCUT2D eigenvalue weighted by Gasteiger charge is -2.19. The molecule has 0 aromatic heterocycles. The van der Waals surface area contributed by atoms with Crippen LogP contribution in [0.2, 0.25) is 0 Å². The van der Waals surface area contributed by atoms with E-state index in [0.717, 1.165) is 17.7 Å². The fraction of sp³-hybridized carbons (Fsp3) is 0.345. The van der Waals surface area contributed by atoms with Crippen molar-refractivity contribution in [2.24, 2.45) is 0 Å². The number of hydrogen-bond acceptors (Lipinski definition) is 4. The van der Waals surface area contributed by atoms with Crippen molar-refractivity contribution in [2.45, 2.75) is 45.6 Å². The van der Waals surface area contributed by atoms with Gasteiger partial charge in [-0.15, -0.1) is 0 Å². The zero-order chi connectivity index (χ0) is 23.5. The van der Waals surface area contributed by atoms with Crippen LogP contribution < -0.4 is 4.74 Å². The molecular weight excluding hydrogens is 412 g/mol. The average Bonchev–Trinajstić information content (AvgIpc) is 2.84. The third-order valence-corrected chi connectivity index (χ3v) is 5.62. The Morgan fingerprint density at radius 1 is 0.818 bits per heavy atom. The molecule has 0 spiro atoms. The predicted molar refractivity (Wildman–Crippen MR) is 132 cm³/mol. The Labute approximate surface area is 197 Å². The van der Waals surface area contributed by atoms with E-state index in [1.165, 1.54) is 16.7 Å². The average molecular weight is 447 g/mol. The van der Waals surface area contributed by atoms with Crippen LogP contribution in [0.25, 0.3) is 0 Å². The van der Waals surface area contributed by atoms with Crippen LogP contribution in [0.3, 0.4) is 0 Å². The molecule has 33 heavy (non-hydrogen) atoms. The maximum Gasteiger partial charge on any atom is 0.335 e. The lowest BCUT2D eigenvalue weighted by atomic mass is 9.88. The largest absolute Gasteiger partial charge is 0.494 e. The van der Waals surface area contributed by atoms with Crippen molar-refractivity contribution in [1.82, 2.24) is 0 Å². The summed E-state index contributed by atoms with van der Waals surface area (Å²) in [4.78, 5) is 12.1. The zero-order valence-corrected chi connectivity index (χ0v) is 19.8. The first-order valence-electron chi connectivity index (χ1n) is 11.7. The molecule has 0 bridgehead atoms. The molecule has 0 saturated carbocycles. The molecule has 2 unspecified atom stereocenters. The van der Waals surface area contributed by atoms with Gasteiger partial charge < -0.3 is 14.2 Å². The van der Waals surface area contributed by atoms with Gasteiger partial charge in [-0.2, -0.15) is 0 Å². The minimum absolute atomic E-state index is 0.280. The van der Waals surface area contributed by atoms with Crippen molar-refractivity contribution in [3.8, 4) is 5.75 Å². The number of ether oxygens (including phenoxy) is 3. The van der Waals surface area contributed by atoms with Crippen LogP contribution in [0.15, 0.2) is 78.9 Å². The van der Waals surface area contributed by atoms with Gasteiger partial charge in [0.15, 0.2) is 6.10 Å². The van der Waals surface area contributed by atoms with Crippen molar-refractivity contribution < 1.29 is 19.0 Å². The normalized spacial score (nSPS) is 12.7. The molecule has 0 fully saturated rings. The van der Waals surface area contributed by atoms with Gasteiger partial charge in [0, 0.05) is 18.9 Å². The number of hydrogen-bond donors (Lipinski definition) is 0. The van der Waals surface area contributed by atoms with E-state index in [9.17, 15) is 4.79 Å². The Kier molecular flexibility index (Phi) is 9.52. The summed E-state index contributed by atoms with van der Waals surface area (Å²) < 4.78 is 16.8. The second-order valence-corrected chi connectivity index (χ2v) is 8.06. The molecule has 3 rings (SSSR count). The smallest absolute Gasteiger partial charge is 0.335 e. The summed E-state index contributed by atoms with van der Waals surface area (Å²) in [5.74, 6) is 0.781. The van der Waals surface area contributed by atoms with Gasteiger partial charge in [-0.3, -0.25) is 0 Å². The molecular formula is C29H34O4. The second-order valence-electron chi connectivity index (χ2n) is 8.06. The highest BCUT2D eigenvalue weighted by atomic mass is 16.6. The van der Waals surface area contributed by atoms with E-state index in [1.54, 1.807) is 6.92 Å². The van der Waals surface area contributed by atoms with Gasteiger partial charge in [0.05, 0.1) is 13.2 Å². The maximum absolute atomic E-state index is 12.1. The molecule has 4 heteroatoms. The minimum Gasteiger partial charge on any atom is -0.494 e. The first-order chi connectivity index (χ1) is 16.1. The zero-order valence-electron chi connectivity index (χ0n) is 19.8. The van der Waals surface area contributed by atoms with Crippen molar-refractivity contribution in [2.75, 3.05) is 19.8 Å². The van der Waals surface area contributed by atoms with E-state index in [1.807, 2.05) is 37.3 Å². The topological polar surface area (TPSA) is 44.8 Å². The summed E-state index contributed by atoms with van der Waals surface area (Å²) >= 11 is 0. The van der Waals surface area contributed by atoms with Gasteiger partial charge in [-0.1, -0.05) is 72.3 Å². The van der Waals surface area contributed by atoms with Gasteiger partial charge in [0.1, 0.15) is 5.75 Å². The third kappa shape index (κ3) is 7.47. The number of carbonyl (C=O) groups is 1. The van der Waals surface area contributed by atoms with Gasteiger partial charge >= 0.3 is 5.97 Å². The van der Waals surface area contributed by atoms with Gasteiger partial charge in [-0.05, 0) is 56.0 Å². The molecule has 0 heterocycles. The minimum atomic E-state index is -0.581. The highest BCUT2D eigenvalue weighted by molar-refractivity contribution is 5.75. The molecule has 3 aromatic carbocycles. The molecule has 3 aromatic rings. The molecule has 0 aliphatic heterocycles. The Bertz CT molecular complexity index is 965. The third-order valence-electron chi connectivity index (χ3n) is 5.62. The van der Waals surface area contributed by atoms with Gasteiger partial charge in [-0.25, -0.2) is 4.79 Å². The van der Waals surface area contributed by atoms with Crippen molar-refractivity contribution in [3.63, 3.8) is 0 Å². The monoisotopic (exact) mass is 446 g/mol. The van der Waals surface area contributed by atoms with Crippen LogP contribution in [0, 0.1) is 6.92 Å². The first-order valence-corrected chi connectivity index (χ1v) is 11.7. The molecule has 4 nitrogen and oxygen atoms in total. The SMILES string of the molecule is CCOC(=O)C(Cc1ccc(OCCC(c2ccccc2)c2ccc(C)cc2)cc1)OCC. The van der Waals surface area contributed by atoms with Crippen molar-refractivity contribution >= 4 is 5.97 Å². The number of esters is 1. The lowest BCUT2D eigenvalue weighted by molar-refractivity contribution is -0.156. The summed E-state index contributed by atoms with van der Waals surface area (Å²) in [6.45, 7) is 7.21. The van der Waals surface area contributed by atoms with E-state index >= 15 is 0 Å². The van der Waals surface area contributed by atoms with E-state index in [0.29, 0.717) is 26.2 Å². The predicted octanol–water partition coefficient (Wildman–Crippen LogP) is 6.11. The fourth-order valence-corrected chi connectivity index (χ4v) is 3.89. The van der Waals surface area contributed by atoms with Crippen LogP contribution in [0.1, 0.15) is 48.4 Å². The first kappa shape index (κ1) is 24.5. The van der Waals surface area contributed by atoms with Crippen molar-refractivity contribution in [3.05, 3.63) is 101 Å². The van der Waals surface area contributed by atoms with E-state index in [2.05, 4.69) is 55.5 Å². The van der Waals surface area contributed by atoms with Crippen LogP contribution in [0.4, 0.5) is 0 Å². The Hall–Kier alpha value is -3.11. The van der Waals surface area contributed by atoms with Crippen molar-refractivity contribution in [1.29, 1.82) is 0 Å². The number of aryl methyl sites for hydroxylation is 1. The number of rotatable bonds is 12. The summed E-state index contributed by atoms with van der Waals surface area (Å²) in [7, 11) is 0. The van der Waals surface area contributed by atoms with Crippen LogP contribution in [-0.2, 0) is 20.7 Å². The summed E-state index contributed by atoms with van der Waals surface area (Å²) in [6.07, 6.45) is 0.781. The maximum atomic E-state index is 12.1. The number of carbonyl (C=O) groups excluding carboxylic acids is 1. The molecule has 2 atom stereocenters. The summed E-state index contributed by atoms with van der Waals surface area (Å²) in [5.41, 5.74) is 4.86. The second kappa shape index (κ2) is 12.8. The van der Waals surface area contributed by atoms with Gasteiger partial charge in [0.2, 0.25) is 0 Å². The standard InChI is InChI=1S/C29H34O4/c1-4-31-28(29(30)32-5-2)21-23-13-17-26(18-14-23)33-20-19-27(24-9-7-6-8-10-24)25-15-11-22(3)12-16-25/h6-18,27-28H,4-5,19-21H2,1-3H3. The molecule has 0 saturated heterocycles. The Morgan fingerprint density at radius 2 is 1.48 bits per heavy atom. The quantitative estimate of drug-likeness (QED) is 0.315. The lowest BCUT2D eigenvalue weighted by Crippen LogP contribution is -2.28. The van der Waals surface area contributed by atoms with E-state index < -0.39 is 6.10 Å². The highest BCUT2D eigenvalue weighted by Crippen LogP contribution is 2.28. The molecule has 0 radical (unpaired) electrons.